The van der Waals surface area contributed by atoms with Gasteiger partial charge in [-0.05, 0) is 55.2 Å². The fraction of sp³-hybridized carbons (Fsp3) is 0.529. The Balaban J connectivity index is 1.86. The molecule has 102 valence electrons. The standard InChI is InChI=1S/C17H24N2/c1-13(18)10-15-6-7-16-8-9-19(17(16)11-15)12-14-4-2-3-5-14/h6-9,11,13-14H,2-5,10,12,18H2,1H3. The van der Waals surface area contributed by atoms with Crippen molar-refractivity contribution in [1.82, 2.24) is 4.57 Å². The van der Waals surface area contributed by atoms with E-state index in [1.54, 1.807) is 0 Å². The van der Waals surface area contributed by atoms with E-state index in [9.17, 15) is 0 Å². The van der Waals surface area contributed by atoms with E-state index in [2.05, 4.69) is 42.0 Å². The molecule has 1 unspecified atom stereocenters. The van der Waals surface area contributed by atoms with Crippen molar-refractivity contribution in [3.05, 3.63) is 36.0 Å². The van der Waals surface area contributed by atoms with Gasteiger partial charge in [-0.15, -0.1) is 0 Å². The summed E-state index contributed by atoms with van der Waals surface area (Å²) in [5, 5.41) is 1.35. The number of nitrogens with two attached hydrogens (primary N) is 1. The van der Waals surface area contributed by atoms with E-state index in [-0.39, 0.29) is 6.04 Å². The summed E-state index contributed by atoms with van der Waals surface area (Å²) in [7, 11) is 0. The molecule has 2 nitrogen and oxygen atoms in total. The van der Waals surface area contributed by atoms with Gasteiger partial charge in [0.05, 0.1) is 0 Å². The third kappa shape index (κ3) is 2.84. The summed E-state index contributed by atoms with van der Waals surface area (Å²) in [5.41, 5.74) is 8.64. The van der Waals surface area contributed by atoms with Crippen LogP contribution in [0.1, 0.15) is 38.2 Å². The van der Waals surface area contributed by atoms with E-state index >= 15 is 0 Å². The largest absolute Gasteiger partial charge is 0.347 e. The number of aromatic nitrogens is 1. The molecule has 1 aromatic heterocycles. The SMILES string of the molecule is CC(N)Cc1ccc2ccn(CC3CCCC3)c2c1. The van der Waals surface area contributed by atoms with Gasteiger partial charge in [-0.2, -0.15) is 0 Å². The van der Waals surface area contributed by atoms with Crippen molar-refractivity contribution >= 4 is 10.9 Å². The second kappa shape index (κ2) is 5.38. The van der Waals surface area contributed by atoms with E-state index in [0.29, 0.717) is 0 Å². The molecule has 0 radical (unpaired) electrons. The minimum atomic E-state index is 0.232. The Morgan fingerprint density at radius 3 is 2.79 bits per heavy atom. The predicted molar refractivity (Wildman–Crippen MR) is 81.2 cm³/mol. The Morgan fingerprint density at radius 1 is 1.26 bits per heavy atom. The molecule has 3 rings (SSSR count). The summed E-state index contributed by atoms with van der Waals surface area (Å²) in [6.45, 7) is 3.26. The monoisotopic (exact) mass is 256 g/mol. The normalized spacial score (nSPS) is 18.2. The van der Waals surface area contributed by atoms with Gasteiger partial charge < -0.3 is 10.3 Å². The Kier molecular flexibility index (Phi) is 3.61. The minimum absolute atomic E-state index is 0.232. The molecule has 0 aliphatic heterocycles. The van der Waals surface area contributed by atoms with Crippen LogP contribution in [0.15, 0.2) is 30.5 Å². The van der Waals surface area contributed by atoms with Crippen molar-refractivity contribution in [3.8, 4) is 0 Å². The molecule has 2 N–H and O–H groups in total. The lowest BCUT2D eigenvalue weighted by molar-refractivity contribution is 0.466. The summed E-state index contributed by atoms with van der Waals surface area (Å²) in [5.74, 6) is 0.882. The number of benzene rings is 1. The molecule has 2 aromatic rings. The van der Waals surface area contributed by atoms with Gasteiger partial charge in [0.1, 0.15) is 0 Å². The highest BCUT2D eigenvalue weighted by molar-refractivity contribution is 5.80. The zero-order chi connectivity index (χ0) is 13.2. The molecular weight excluding hydrogens is 232 g/mol. The van der Waals surface area contributed by atoms with E-state index in [0.717, 1.165) is 12.3 Å². The van der Waals surface area contributed by atoms with E-state index in [4.69, 9.17) is 5.73 Å². The molecule has 0 saturated heterocycles. The lowest BCUT2D eigenvalue weighted by atomic mass is 10.1. The third-order valence-corrected chi connectivity index (χ3v) is 4.33. The summed E-state index contributed by atoms with van der Waals surface area (Å²) < 4.78 is 2.44. The fourth-order valence-corrected chi connectivity index (χ4v) is 3.36. The van der Waals surface area contributed by atoms with Gasteiger partial charge in [0.15, 0.2) is 0 Å². The lowest BCUT2D eigenvalue weighted by Crippen LogP contribution is -2.17. The molecule has 1 aromatic carbocycles. The van der Waals surface area contributed by atoms with Crippen LogP contribution < -0.4 is 5.73 Å². The highest BCUT2D eigenvalue weighted by atomic mass is 15.0. The summed E-state index contributed by atoms with van der Waals surface area (Å²) in [4.78, 5) is 0. The van der Waals surface area contributed by atoms with Crippen LogP contribution in [0.3, 0.4) is 0 Å². The highest BCUT2D eigenvalue weighted by Crippen LogP contribution is 2.28. The minimum Gasteiger partial charge on any atom is -0.347 e. The molecule has 0 amide bonds. The molecule has 1 heterocycles. The number of fused-ring (bicyclic) bond motifs is 1. The van der Waals surface area contributed by atoms with Crippen LogP contribution >= 0.6 is 0 Å². The van der Waals surface area contributed by atoms with Crippen LogP contribution in [0.25, 0.3) is 10.9 Å². The Morgan fingerprint density at radius 2 is 2.05 bits per heavy atom. The first-order chi connectivity index (χ1) is 9.22. The second-order valence-electron chi connectivity index (χ2n) is 6.19. The molecule has 1 saturated carbocycles. The van der Waals surface area contributed by atoms with Crippen molar-refractivity contribution in [3.63, 3.8) is 0 Å². The second-order valence-corrected chi connectivity index (χ2v) is 6.19. The first-order valence-corrected chi connectivity index (χ1v) is 7.56. The molecule has 1 aliphatic carbocycles. The Hall–Kier alpha value is -1.28. The van der Waals surface area contributed by atoms with E-state index in [1.165, 1.54) is 48.7 Å². The number of hydrogen-bond acceptors (Lipinski definition) is 1. The van der Waals surface area contributed by atoms with Crippen molar-refractivity contribution in [2.75, 3.05) is 0 Å². The average molecular weight is 256 g/mol. The van der Waals surface area contributed by atoms with Crippen molar-refractivity contribution in [1.29, 1.82) is 0 Å². The summed E-state index contributed by atoms with van der Waals surface area (Å²) >= 11 is 0. The van der Waals surface area contributed by atoms with E-state index < -0.39 is 0 Å². The molecule has 19 heavy (non-hydrogen) atoms. The van der Waals surface area contributed by atoms with Gasteiger partial charge in [-0.3, -0.25) is 0 Å². The maximum atomic E-state index is 5.91. The van der Waals surface area contributed by atoms with Gasteiger partial charge in [0, 0.05) is 24.3 Å². The van der Waals surface area contributed by atoms with Gasteiger partial charge in [-0.1, -0.05) is 25.0 Å². The predicted octanol–water partition coefficient (Wildman–Crippen LogP) is 3.72. The summed E-state index contributed by atoms with van der Waals surface area (Å²) in [6, 6.07) is 9.24. The third-order valence-electron chi connectivity index (χ3n) is 4.33. The van der Waals surface area contributed by atoms with Gasteiger partial charge in [0.2, 0.25) is 0 Å². The van der Waals surface area contributed by atoms with Crippen molar-refractivity contribution in [2.45, 2.75) is 51.6 Å². The number of rotatable bonds is 4. The molecule has 0 spiro atoms. The van der Waals surface area contributed by atoms with Crippen LogP contribution in [-0.4, -0.2) is 10.6 Å². The number of hydrogen-bond donors (Lipinski definition) is 1. The Bertz CT molecular complexity index is 547. The van der Waals surface area contributed by atoms with Crippen LogP contribution in [0.5, 0.6) is 0 Å². The van der Waals surface area contributed by atoms with Crippen LogP contribution in [-0.2, 0) is 13.0 Å². The molecule has 1 aliphatic rings. The van der Waals surface area contributed by atoms with E-state index in [1.807, 2.05) is 0 Å². The average Bonchev–Trinajstić information content (AvgIpc) is 3.00. The zero-order valence-corrected chi connectivity index (χ0v) is 11.8. The first-order valence-electron chi connectivity index (χ1n) is 7.56. The zero-order valence-electron chi connectivity index (χ0n) is 11.8. The van der Waals surface area contributed by atoms with Crippen LogP contribution in [0.2, 0.25) is 0 Å². The topological polar surface area (TPSA) is 30.9 Å². The smallest absolute Gasteiger partial charge is 0.0483 e. The first kappa shape index (κ1) is 12.7. The highest BCUT2D eigenvalue weighted by Gasteiger charge is 2.16. The molecule has 2 heteroatoms. The molecule has 1 atom stereocenters. The van der Waals surface area contributed by atoms with Crippen LogP contribution in [0, 0.1) is 5.92 Å². The summed E-state index contributed by atoms with van der Waals surface area (Å²) in [6.07, 6.45) is 8.85. The maximum Gasteiger partial charge on any atom is 0.0483 e. The lowest BCUT2D eigenvalue weighted by Gasteiger charge is -2.12. The van der Waals surface area contributed by atoms with Crippen molar-refractivity contribution in [2.24, 2.45) is 11.7 Å². The van der Waals surface area contributed by atoms with Crippen LogP contribution in [0.4, 0.5) is 0 Å². The quantitative estimate of drug-likeness (QED) is 0.888. The van der Waals surface area contributed by atoms with Crippen molar-refractivity contribution < 1.29 is 0 Å². The van der Waals surface area contributed by atoms with Gasteiger partial charge in [0.25, 0.3) is 0 Å². The maximum absolute atomic E-state index is 5.91. The molecule has 0 bridgehead atoms. The van der Waals surface area contributed by atoms with Gasteiger partial charge in [-0.25, -0.2) is 0 Å². The number of nitrogens with zero attached hydrogens (tertiary/aromatic N) is 1. The molecular formula is C17H24N2. The van der Waals surface area contributed by atoms with Gasteiger partial charge >= 0.3 is 0 Å². The Labute approximate surface area is 115 Å². The molecule has 1 fully saturated rings. The fourth-order valence-electron chi connectivity index (χ4n) is 3.36.